The summed E-state index contributed by atoms with van der Waals surface area (Å²) in [7, 11) is -4.67. The van der Waals surface area contributed by atoms with Crippen molar-refractivity contribution >= 4 is 10.4 Å². The van der Waals surface area contributed by atoms with E-state index in [1.807, 2.05) is 0 Å². The largest absolute Gasteiger partial charge is 1.00 e. The summed E-state index contributed by atoms with van der Waals surface area (Å²) >= 11 is 0. The van der Waals surface area contributed by atoms with Crippen molar-refractivity contribution in [3.05, 3.63) is 6.92 Å². The first-order valence-electron chi connectivity index (χ1n) is 3.41. The van der Waals surface area contributed by atoms with Crippen LogP contribution in [0.25, 0.3) is 0 Å². The molecule has 0 saturated carbocycles. The number of rotatable bonds is 3. The molecule has 0 aliphatic rings. The van der Waals surface area contributed by atoms with Gasteiger partial charge in [-0.05, 0) is 0 Å². The Kier molecular flexibility index (Phi) is 18.4. The second kappa shape index (κ2) is 11.9. The van der Waals surface area contributed by atoms with Crippen LogP contribution in [0.5, 0.6) is 0 Å². The Bertz CT molecular complexity index is 143. The van der Waals surface area contributed by atoms with Crippen LogP contribution in [0.1, 0.15) is 32.6 Å². The van der Waals surface area contributed by atoms with E-state index in [0.29, 0.717) is 0 Å². The second-order valence-electron chi connectivity index (χ2n) is 2.01. The van der Waals surface area contributed by atoms with Crippen molar-refractivity contribution < 1.29 is 47.1 Å². The summed E-state index contributed by atoms with van der Waals surface area (Å²) in [6.45, 7) is 5.93. The molecule has 0 rings (SSSR count). The molecule has 0 saturated heterocycles. The zero-order valence-electron chi connectivity index (χ0n) is 7.65. The summed E-state index contributed by atoms with van der Waals surface area (Å²) < 4.78 is 31.6. The van der Waals surface area contributed by atoms with Crippen LogP contribution in [0.3, 0.4) is 0 Å². The summed E-state index contributed by atoms with van der Waals surface area (Å²) in [4.78, 5) is 0. The second-order valence-corrected chi connectivity index (χ2v) is 2.90. The SMILES string of the molecule is O=S(=O)(O)O.[CH2-]CCCCC.[Na+]. The van der Waals surface area contributed by atoms with Crippen LogP contribution in [0.15, 0.2) is 0 Å². The summed E-state index contributed by atoms with van der Waals surface area (Å²) in [6.07, 6.45) is 5.07. The van der Waals surface area contributed by atoms with E-state index in [9.17, 15) is 0 Å². The van der Waals surface area contributed by atoms with Crippen molar-refractivity contribution in [3.63, 3.8) is 0 Å². The van der Waals surface area contributed by atoms with E-state index in [2.05, 4.69) is 13.8 Å². The van der Waals surface area contributed by atoms with Crippen molar-refractivity contribution in [2.45, 2.75) is 32.6 Å². The quantitative estimate of drug-likeness (QED) is 0.262. The van der Waals surface area contributed by atoms with Gasteiger partial charge in [-0.2, -0.15) is 14.8 Å². The Labute approximate surface area is 96.6 Å². The molecule has 0 aromatic rings. The van der Waals surface area contributed by atoms with Gasteiger partial charge in [-0.15, -0.1) is 0 Å². The molecule has 0 aromatic heterocycles. The van der Waals surface area contributed by atoms with Gasteiger partial charge in [0.2, 0.25) is 0 Å². The minimum absolute atomic E-state index is 0. The average molecular weight is 206 g/mol. The fourth-order valence-electron chi connectivity index (χ4n) is 0.427. The molecule has 0 aliphatic carbocycles. The minimum atomic E-state index is -4.67. The van der Waals surface area contributed by atoms with Crippen molar-refractivity contribution in [3.8, 4) is 0 Å². The summed E-state index contributed by atoms with van der Waals surface area (Å²) in [5.41, 5.74) is 0. The first kappa shape index (κ1) is 18.6. The zero-order valence-corrected chi connectivity index (χ0v) is 10.5. The topological polar surface area (TPSA) is 74.6 Å². The Morgan fingerprint density at radius 1 is 1.25 bits per heavy atom. The van der Waals surface area contributed by atoms with Gasteiger partial charge in [-0.1, -0.05) is 26.2 Å². The molecule has 6 heteroatoms. The Balaban J connectivity index is -0.000000126. The average Bonchev–Trinajstić information content (AvgIpc) is 1.79. The van der Waals surface area contributed by atoms with Gasteiger partial charge >= 0.3 is 40.0 Å². The molecular formula is C6H15NaO4S. The molecule has 0 spiro atoms. The fraction of sp³-hybridized carbons (Fsp3) is 0.833. The standard InChI is InChI=1S/C6H13.Na.H2O4S/c1-3-5-6-4-2;;1-5(2,3)4/h1,3-6H2,2H3;;(H2,1,2,3,4)/q-1;+1;. The monoisotopic (exact) mass is 206 g/mol. The van der Waals surface area contributed by atoms with Gasteiger partial charge in [0.15, 0.2) is 0 Å². The molecule has 4 nitrogen and oxygen atoms in total. The van der Waals surface area contributed by atoms with Crippen LogP contribution in [0.4, 0.5) is 0 Å². The summed E-state index contributed by atoms with van der Waals surface area (Å²) in [6, 6.07) is 0. The molecule has 0 aliphatic heterocycles. The molecule has 0 aromatic carbocycles. The van der Waals surface area contributed by atoms with E-state index in [4.69, 9.17) is 17.5 Å². The summed E-state index contributed by atoms with van der Waals surface area (Å²) in [5, 5.41) is 0. The molecule has 70 valence electrons. The number of hydrogen-bond acceptors (Lipinski definition) is 2. The molecule has 2 N–H and O–H groups in total. The van der Waals surface area contributed by atoms with Crippen molar-refractivity contribution in [1.82, 2.24) is 0 Å². The maximum atomic E-state index is 8.74. The smallest absolute Gasteiger partial charge is 0.343 e. The van der Waals surface area contributed by atoms with E-state index < -0.39 is 10.4 Å². The van der Waals surface area contributed by atoms with Gasteiger partial charge in [0, 0.05) is 0 Å². The minimum Gasteiger partial charge on any atom is -0.343 e. The summed E-state index contributed by atoms with van der Waals surface area (Å²) in [5.74, 6) is 0. The van der Waals surface area contributed by atoms with Crippen LogP contribution in [-0.2, 0) is 10.4 Å². The third-order valence-corrected chi connectivity index (χ3v) is 0.854. The molecule has 0 unspecified atom stereocenters. The van der Waals surface area contributed by atoms with Crippen LogP contribution in [0, 0.1) is 6.92 Å². The van der Waals surface area contributed by atoms with Gasteiger partial charge in [-0.25, -0.2) is 0 Å². The molecule has 0 amide bonds. The van der Waals surface area contributed by atoms with E-state index >= 15 is 0 Å². The molecule has 0 bridgehead atoms. The van der Waals surface area contributed by atoms with Crippen molar-refractivity contribution in [2.24, 2.45) is 0 Å². The normalized spacial score (nSPS) is 9.33. The molecule has 0 atom stereocenters. The molecule has 0 fully saturated rings. The van der Waals surface area contributed by atoms with Crippen LogP contribution in [-0.4, -0.2) is 17.5 Å². The zero-order chi connectivity index (χ0) is 9.33. The van der Waals surface area contributed by atoms with Gasteiger partial charge in [0.05, 0.1) is 0 Å². The molecule has 0 radical (unpaired) electrons. The fourth-order valence-corrected chi connectivity index (χ4v) is 0.427. The maximum absolute atomic E-state index is 8.74. The van der Waals surface area contributed by atoms with Gasteiger partial charge < -0.3 is 6.92 Å². The number of unbranched alkanes of at least 4 members (excludes halogenated alkanes) is 3. The third-order valence-electron chi connectivity index (χ3n) is 0.854. The third kappa shape index (κ3) is 70.7. The van der Waals surface area contributed by atoms with Gasteiger partial charge in [0.25, 0.3) is 0 Å². The van der Waals surface area contributed by atoms with E-state index in [0.717, 1.165) is 6.42 Å². The van der Waals surface area contributed by atoms with E-state index in [1.165, 1.54) is 19.3 Å². The van der Waals surface area contributed by atoms with Gasteiger partial charge in [-0.3, -0.25) is 9.11 Å². The Hall–Kier alpha value is 0.870. The van der Waals surface area contributed by atoms with Crippen LogP contribution in [0.2, 0.25) is 0 Å². The number of hydrogen-bond donors (Lipinski definition) is 2. The van der Waals surface area contributed by atoms with E-state index in [-0.39, 0.29) is 29.6 Å². The Morgan fingerprint density at radius 3 is 1.67 bits per heavy atom. The van der Waals surface area contributed by atoms with Gasteiger partial charge in [0.1, 0.15) is 0 Å². The predicted octanol–water partition coefficient (Wildman–Crippen LogP) is -1.25. The first-order valence-corrected chi connectivity index (χ1v) is 4.80. The maximum Gasteiger partial charge on any atom is 1.00 e. The van der Waals surface area contributed by atoms with Crippen LogP contribution < -0.4 is 29.6 Å². The van der Waals surface area contributed by atoms with Crippen LogP contribution >= 0.6 is 0 Å². The van der Waals surface area contributed by atoms with Crippen molar-refractivity contribution in [1.29, 1.82) is 0 Å². The Morgan fingerprint density at radius 2 is 1.58 bits per heavy atom. The molecule has 0 heterocycles. The van der Waals surface area contributed by atoms with E-state index in [1.54, 1.807) is 0 Å². The molecule has 12 heavy (non-hydrogen) atoms. The molecular weight excluding hydrogens is 191 g/mol. The van der Waals surface area contributed by atoms with Crippen molar-refractivity contribution in [2.75, 3.05) is 0 Å². The first-order chi connectivity index (χ1) is 4.91. The predicted molar refractivity (Wildman–Crippen MR) is 43.7 cm³/mol.